The van der Waals surface area contributed by atoms with Gasteiger partial charge in [0.1, 0.15) is 12.2 Å². The Kier molecular flexibility index (Phi) is 5.75. The molecule has 0 bridgehead atoms. The van der Waals surface area contributed by atoms with E-state index >= 15 is 0 Å². The molecule has 154 valence electrons. The average molecular weight is 439 g/mol. The predicted molar refractivity (Wildman–Crippen MR) is 105 cm³/mol. The minimum atomic E-state index is -3.77. The number of amides is 1. The molecule has 8 nitrogen and oxygen atoms in total. The molecule has 1 amide bonds. The SMILES string of the molecule is O=C(Nc1ccccc1)O[C@@H]1CO[C@H]2[C@@H]1OC[C@@H]2NS(=O)(=O)c1ccc(Cl)cc1. The topological polar surface area (TPSA) is 103 Å². The highest BCUT2D eigenvalue weighted by Crippen LogP contribution is 2.30. The quantitative estimate of drug-likeness (QED) is 0.743. The number of sulfonamides is 1. The van der Waals surface area contributed by atoms with E-state index in [1.807, 2.05) is 6.07 Å². The van der Waals surface area contributed by atoms with Crippen molar-refractivity contribution >= 4 is 33.4 Å². The van der Waals surface area contributed by atoms with Gasteiger partial charge in [-0.05, 0) is 36.4 Å². The van der Waals surface area contributed by atoms with Gasteiger partial charge in [-0.3, -0.25) is 5.32 Å². The number of carbonyl (C=O) groups excluding carboxylic acids is 1. The second-order valence-electron chi connectivity index (χ2n) is 6.71. The fourth-order valence-corrected chi connectivity index (χ4v) is 4.71. The van der Waals surface area contributed by atoms with Gasteiger partial charge in [0.2, 0.25) is 10.0 Å². The molecule has 4 rings (SSSR count). The van der Waals surface area contributed by atoms with Crippen molar-refractivity contribution in [1.82, 2.24) is 4.72 Å². The number of fused-ring (bicyclic) bond motifs is 1. The summed E-state index contributed by atoms with van der Waals surface area (Å²) in [6.07, 6.45) is -2.35. The first-order chi connectivity index (χ1) is 13.9. The number of para-hydroxylation sites is 1. The van der Waals surface area contributed by atoms with Gasteiger partial charge in [-0.2, -0.15) is 0 Å². The number of benzene rings is 2. The molecule has 2 aromatic rings. The molecule has 2 aliphatic heterocycles. The molecule has 2 aliphatic rings. The number of hydrogen-bond donors (Lipinski definition) is 2. The lowest BCUT2D eigenvalue weighted by Crippen LogP contribution is -2.44. The van der Waals surface area contributed by atoms with E-state index in [0.717, 1.165) is 0 Å². The van der Waals surface area contributed by atoms with Gasteiger partial charge >= 0.3 is 6.09 Å². The number of nitrogens with one attached hydrogen (secondary N) is 2. The van der Waals surface area contributed by atoms with Crippen LogP contribution in [0.25, 0.3) is 0 Å². The van der Waals surface area contributed by atoms with Gasteiger partial charge in [0, 0.05) is 10.7 Å². The maximum Gasteiger partial charge on any atom is 0.412 e. The van der Waals surface area contributed by atoms with Crippen LogP contribution in [0.5, 0.6) is 0 Å². The number of anilines is 1. The number of ether oxygens (including phenoxy) is 3. The van der Waals surface area contributed by atoms with Gasteiger partial charge in [-0.1, -0.05) is 29.8 Å². The Labute approximate surface area is 173 Å². The number of halogens is 1. The highest BCUT2D eigenvalue weighted by Gasteiger charge is 2.50. The lowest BCUT2D eigenvalue weighted by molar-refractivity contribution is 0.00883. The van der Waals surface area contributed by atoms with E-state index < -0.39 is 40.5 Å². The summed E-state index contributed by atoms with van der Waals surface area (Å²) in [6, 6.07) is 14.2. The number of rotatable bonds is 5. The van der Waals surface area contributed by atoms with E-state index in [1.54, 1.807) is 24.3 Å². The molecule has 0 saturated carbocycles. The van der Waals surface area contributed by atoms with Gasteiger partial charge in [0.25, 0.3) is 0 Å². The van der Waals surface area contributed by atoms with E-state index in [2.05, 4.69) is 10.0 Å². The molecular formula is C19H19ClN2O6S. The maximum atomic E-state index is 12.6. The Hall–Kier alpha value is -2.17. The van der Waals surface area contributed by atoms with Gasteiger partial charge in [0.15, 0.2) is 6.10 Å². The van der Waals surface area contributed by atoms with E-state index in [-0.39, 0.29) is 18.1 Å². The molecule has 2 heterocycles. The van der Waals surface area contributed by atoms with Crippen molar-refractivity contribution in [1.29, 1.82) is 0 Å². The summed E-state index contributed by atoms with van der Waals surface area (Å²) in [6.45, 7) is 0.235. The van der Waals surface area contributed by atoms with E-state index in [9.17, 15) is 13.2 Å². The van der Waals surface area contributed by atoms with Crippen LogP contribution in [-0.4, -0.2) is 52.1 Å². The van der Waals surface area contributed by atoms with Crippen molar-refractivity contribution in [3.8, 4) is 0 Å². The zero-order valence-electron chi connectivity index (χ0n) is 15.2. The molecule has 0 aromatic heterocycles. The summed E-state index contributed by atoms with van der Waals surface area (Å²) in [7, 11) is -3.77. The van der Waals surface area contributed by atoms with Crippen LogP contribution >= 0.6 is 11.6 Å². The van der Waals surface area contributed by atoms with Crippen molar-refractivity contribution in [2.75, 3.05) is 18.5 Å². The summed E-state index contributed by atoms with van der Waals surface area (Å²) in [5.74, 6) is 0. The number of carbonyl (C=O) groups is 1. The van der Waals surface area contributed by atoms with Crippen LogP contribution in [0.2, 0.25) is 5.02 Å². The van der Waals surface area contributed by atoms with Crippen LogP contribution in [0.1, 0.15) is 0 Å². The van der Waals surface area contributed by atoms with Crippen molar-refractivity contribution in [3.05, 3.63) is 59.6 Å². The zero-order valence-corrected chi connectivity index (χ0v) is 16.7. The van der Waals surface area contributed by atoms with Crippen molar-refractivity contribution in [3.63, 3.8) is 0 Å². The third kappa shape index (κ3) is 4.54. The monoisotopic (exact) mass is 438 g/mol. The van der Waals surface area contributed by atoms with E-state index in [0.29, 0.717) is 10.7 Å². The Morgan fingerprint density at radius 1 is 1.00 bits per heavy atom. The fourth-order valence-electron chi connectivity index (χ4n) is 3.35. The minimum absolute atomic E-state index is 0.0957. The summed E-state index contributed by atoms with van der Waals surface area (Å²) >= 11 is 5.81. The molecule has 0 spiro atoms. The molecule has 4 atom stereocenters. The maximum absolute atomic E-state index is 12.6. The fraction of sp³-hybridized carbons (Fsp3) is 0.316. The molecule has 2 aromatic carbocycles. The molecular weight excluding hydrogens is 420 g/mol. The van der Waals surface area contributed by atoms with Crippen LogP contribution in [0, 0.1) is 0 Å². The molecule has 29 heavy (non-hydrogen) atoms. The summed E-state index contributed by atoms with van der Waals surface area (Å²) in [5.41, 5.74) is 0.605. The molecule has 0 unspecified atom stereocenters. The van der Waals surface area contributed by atoms with Gasteiger partial charge in [0.05, 0.1) is 24.2 Å². The molecule has 2 fully saturated rings. The van der Waals surface area contributed by atoms with Crippen molar-refractivity contribution < 1.29 is 27.4 Å². The Morgan fingerprint density at radius 2 is 1.69 bits per heavy atom. The molecule has 0 radical (unpaired) electrons. The summed E-state index contributed by atoms with van der Waals surface area (Å²) in [4.78, 5) is 12.2. The van der Waals surface area contributed by atoms with Crippen molar-refractivity contribution in [2.24, 2.45) is 0 Å². The Morgan fingerprint density at radius 3 is 2.41 bits per heavy atom. The largest absolute Gasteiger partial charge is 0.441 e. The highest BCUT2D eigenvalue weighted by atomic mass is 35.5. The first-order valence-corrected chi connectivity index (χ1v) is 10.8. The second kappa shape index (κ2) is 8.29. The first-order valence-electron chi connectivity index (χ1n) is 8.96. The lowest BCUT2D eigenvalue weighted by Gasteiger charge is -2.18. The highest BCUT2D eigenvalue weighted by molar-refractivity contribution is 7.89. The normalized spacial score (nSPS) is 26.1. The van der Waals surface area contributed by atoms with Gasteiger partial charge < -0.3 is 14.2 Å². The molecule has 2 N–H and O–H groups in total. The van der Waals surface area contributed by atoms with Crippen LogP contribution < -0.4 is 10.0 Å². The first kappa shape index (κ1) is 20.1. The predicted octanol–water partition coefficient (Wildman–Crippen LogP) is 2.40. The smallest absolute Gasteiger partial charge is 0.412 e. The van der Waals surface area contributed by atoms with Crippen LogP contribution in [0.4, 0.5) is 10.5 Å². The third-order valence-electron chi connectivity index (χ3n) is 4.72. The standard InChI is InChI=1S/C19H19ClN2O6S/c20-12-6-8-14(9-7-12)29(24,25)22-15-10-26-18-16(11-27-17(15)18)28-19(23)21-13-4-2-1-3-5-13/h1-9,15-18,22H,10-11H2,(H,21,23)/t15-,16+,17+,18+/m0/s1. The summed E-state index contributed by atoms with van der Waals surface area (Å²) < 4.78 is 44.5. The van der Waals surface area contributed by atoms with Crippen LogP contribution in [0.3, 0.4) is 0 Å². The Balaban J connectivity index is 1.36. The Bertz CT molecular complexity index is 970. The van der Waals surface area contributed by atoms with E-state index in [4.69, 9.17) is 25.8 Å². The third-order valence-corrected chi connectivity index (χ3v) is 6.47. The molecule has 0 aliphatic carbocycles. The average Bonchev–Trinajstić information content (AvgIpc) is 3.26. The lowest BCUT2D eigenvalue weighted by atomic mass is 10.1. The van der Waals surface area contributed by atoms with Gasteiger partial charge in [-0.15, -0.1) is 0 Å². The number of hydrogen-bond acceptors (Lipinski definition) is 6. The molecule has 10 heteroatoms. The van der Waals surface area contributed by atoms with Gasteiger partial charge in [-0.25, -0.2) is 17.9 Å². The summed E-state index contributed by atoms with van der Waals surface area (Å²) in [5, 5.41) is 3.08. The zero-order chi connectivity index (χ0) is 20.4. The van der Waals surface area contributed by atoms with E-state index in [1.165, 1.54) is 24.3 Å². The van der Waals surface area contributed by atoms with Crippen molar-refractivity contribution in [2.45, 2.75) is 29.2 Å². The van der Waals surface area contributed by atoms with Crippen LogP contribution in [0.15, 0.2) is 59.5 Å². The molecule has 2 saturated heterocycles. The second-order valence-corrected chi connectivity index (χ2v) is 8.86. The van der Waals surface area contributed by atoms with Crippen LogP contribution in [-0.2, 0) is 24.2 Å². The minimum Gasteiger partial charge on any atom is -0.441 e.